The molecule has 0 bridgehead atoms. The summed E-state index contributed by atoms with van der Waals surface area (Å²) in [5.41, 5.74) is 1.20. The van der Waals surface area contributed by atoms with Gasteiger partial charge in [-0.1, -0.05) is 18.2 Å². The standard InChI is InChI=1S/C18H25N5O2/c1-25-13-12-23-11-9-17(21-23)20-18(24)19-15-6-5-10-22(14-15)16-7-3-2-4-8-16/h2-4,7-9,11,15H,5-6,10,12-14H2,1H3,(H2,19,20,21,24)/t15-/m1/s1. The molecule has 1 atom stereocenters. The van der Waals surface area contributed by atoms with E-state index in [0.29, 0.717) is 19.0 Å². The van der Waals surface area contributed by atoms with Gasteiger partial charge in [0.15, 0.2) is 5.82 Å². The van der Waals surface area contributed by atoms with Crippen LogP contribution < -0.4 is 15.5 Å². The van der Waals surface area contributed by atoms with Gasteiger partial charge in [0.25, 0.3) is 0 Å². The van der Waals surface area contributed by atoms with Crippen molar-refractivity contribution >= 4 is 17.5 Å². The van der Waals surface area contributed by atoms with Crippen molar-refractivity contribution in [3.05, 3.63) is 42.6 Å². The second-order valence-corrected chi connectivity index (χ2v) is 6.18. The van der Waals surface area contributed by atoms with Crippen LogP contribution >= 0.6 is 0 Å². The van der Waals surface area contributed by atoms with Crippen molar-refractivity contribution in [1.29, 1.82) is 0 Å². The number of nitrogens with zero attached hydrogens (tertiary/aromatic N) is 3. The van der Waals surface area contributed by atoms with E-state index >= 15 is 0 Å². The zero-order valence-electron chi connectivity index (χ0n) is 14.5. The minimum absolute atomic E-state index is 0.129. The summed E-state index contributed by atoms with van der Waals surface area (Å²) in [5.74, 6) is 0.546. The van der Waals surface area contributed by atoms with Crippen molar-refractivity contribution in [3.63, 3.8) is 0 Å². The lowest BCUT2D eigenvalue weighted by Gasteiger charge is -2.34. The lowest BCUT2D eigenvalue weighted by molar-refractivity contribution is 0.183. The summed E-state index contributed by atoms with van der Waals surface area (Å²) in [4.78, 5) is 14.5. The number of carbonyl (C=O) groups excluding carboxylic acids is 1. The van der Waals surface area contributed by atoms with Crippen LogP contribution in [0.2, 0.25) is 0 Å². The lowest BCUT2D eigenvalue weighted by atomic mass is 10.1. The first-order chi connectivity index (χ1) is 12.2. The Hall–Kier alpha value is -2.54. The lowest BCUT2D eigenvalue weighted by Crippen LogP contribution is -2.49. The Balaban J connectivity index is 1.49. The van der Waals surface area contributed by atoms with Crippen LogP contribution in [0.5, 0.6) is 0 Å². The van der Waals surface area contributed by atoms with Crippen LogP contribution in [-0.2, 0) is 11.3 Å². The highest BCUT2D eigenvalue weighted by Gasteiger charge is 2.21. The van der Waals surface area contributed by atoms with E-state index in [1.54, 1.807) is 17.9 Å². The van der Waals surface area contributed by atoms with Gasteiger partial charge in [-0.25, -0.2) is 4.79 Å². The van der Waals surface area contributed by atoms with Gasteiger partial charge < -0.3 is 15.0 Å². The number of rotatable bonds is 6. The zero-order valence-corrected chi connectivity index (χ0v) is 14.5. The topological polar surface area (TPSA) is 71.4 Å². The number of aromatic nitrogens is 2. The first-order valence-corrected chi connectivity index (χ1v) is 8.64. The molecular weight excluding hydrogens is 318 g/mol. The number of nitrogens with one attached hydrogen (secondary N) is 2. The van der Waals surface area contributed by atoms with Crippen LogP contribution in [0.1, 0.15) is 12.8 Å². The van der Waals surface area contributed by atoms with E-state index in [9.17, 15) is 4.79 Å². The second-order valence-electron chi connectivity index (χ2n) is 6.18. The fourth-order valence-corrected chi connectivity index (χ4v) is 3.04. The molecule has 2 heterocycles. The number of hydrogen-bond acceptors (Lipinski definition) is 4. The van der Waals surface area contributed by atoms with Gasteiger partial charge in [0.1, 0.15) is 0 Å². The van der Waals surface area contributed by atoms with Crippen molar-refractivity contribution < 1.29 is 9.53 Å². The monoisotopic (exact) mass is 343 g/mol. The largest absolute Gasteiger partial charge is 0.383 e. The van der Waals surface area contributed by atoms with Crippen LogP contribution in [0.3, 0.4) is 0 Å². The number of benzene rings is 1. The third-order valence-electron chi connectivity index (χ3n) is 4.28. The predicted octanol–water partition coefficient (Wildman–Crippen LogP) is 2.32. The molecule has 134 valence electrons. The summed E-state index contributed by atoms with van der Waals surface area (Å²) in [5, 5.41) is 10.2. The van der Waals surface area contributed by atoms with E-state index in [1.807, 2.05) is 24.4 Å². The van der Waals surface area contributed by atoms with Crippen LogP contribution in [0.4, 0.5) is 16.3 Å². The molecule has 0 radical (unpaired) electrons. The van der Waals surface area contributed by atoms with Gasteiger partial charge >= 0.3 is 6.03 Å². The Morgan fingerprint density at radius 3 is 2.96 bits per heavy atom. The van der Waals surface area contributed by atoms with E-state index in [0.717, 1.165) is 25.9 Å². The van der Waals surface area contributed by atoms with E-state index in [1.165, 1.54) is 5.69 Å². The van der Waals surface area contributed by atoms with Gasteiger partial charge in [-0.15, -0.1) is 0 Å². The molecule has 1 saturated heterocycles. The van der Waals surface area contributed by atoms with Crippen molar-refractivity contribution in [2.24, 2.45) is 0 Å². The SMILES string of the molecule is COCCn1ccc(NC(=O)N[C@@H]2CCCN(c3ccccc3)C2)n1. The summed E-state index contributed by atoms with van der Waals surface area (Å²) in [6.07, 6.45) is 3.87. The number of carbonyl (C=O) groups is 1. The summed E-state index contributed by atoms with van der Waals surface area (Å²) in [6.45, 7) is 3.09. The van der Waals surface area contributed by atoms with Gasteiger partial charge in [-0.05, 0) is 25.0 Å². The molecule has 7 nitrogen and oxygen atoms in total. The van der Waals surface area contributed by atoms with Gasteiger partial charge in [-0.2, -0.15) is 5.10 Å². The average molecular weight is 343 g/mol. The first-order valence-electron chi connectivity index (χ1n) is 8.64. The maximum Gasteiger partial charge on any atom is 0.320 e. The average Bonchev–Trinajstić information content (AvgIpc) is 3.08. The first kappa shape index (κ1) is 17.3. The summed E-state index contributed by atoms with van der Waals surface area (Å²) in [6, 6.07) is 12.0. The number of ether oxygens (including phenoxy) is 1. The third kappa shape index (κ3) is 4.96. The Labute approximate surface area is 148 Å². The molecule has 0 spiro atoms. The molecule has 2 aromatic rings. The zero-order chi connectivity index (χ0) is 17.5. The molecule has 1 aliphatic heterocycles. The van der Waals surface area contributed by atoms with Crippen molar-refractivity contribution in [2.45, 2.75) is 25.4 Å². The van der Waals surface area contributed by atoms with Crippen molar-refractivity contribution in [1.82, 2.24) is 15.1 Å². The quantitative estimate of drug-likeness (QED) is 0.844. The third-order valence-corrected chi connectivity index (χ3v) is 4.28. The fourth-order valence-electron chi connectivity index (χ4n) is 3.04. The normalized spacial score (nSPS) is 17.3. The second kappa shape index (κ2) is 8.53. The molecule has 7 heteroatoms. The summed E-state index contributed by atoms with van der Waals surface area (Å²) in [7, 11) is 1.65. The van der Waals surface area contributed by atoms with Gasteiger partial charge in [0.05, 0.1) is 13.2 Å². The van der Waals surface area contributed by atoms with Crippen molar-refractivity contribution in [2.75, 3.05) is 37.0 Å². The van der Waals surface area contributed by atoms with E-state index in [4.69, 9.17) is 4.74 Å². The minimum atomic E-state index is -0.211. The highest BCUT2D eigenvalue weighted by molar-refractivity contribution is 5.88. The molecule has 1 aliphatic rings. The maximum atomic E-state index is 12.2. The molecule has 0 aliphatic carbocycles. The van der Waals surface area contributed by atoms with Crippen LogP contribution in [-0.4, -0.2) is 48.7 Å². The Morgan fingerprint density at radius 2 is 2.16 bits per heavy atom. The predicted molar refractivity (Wildman–Crippen MR) is 97.9 cm³/mol. The van der Waals surface area contributed by atoms with Gasteiger partial charge in [-0.3, -0.25) is 10.00 Å². The van der Waals surface area contributed by atoms with Crippen LogP contribution in [0, 0.1) is 0 Å². The van der Waals surface area contributed by atoms with Gasteiger partial charge in [0.2, 0.25) is 0 Å². The van der Waals surface area contributed by atoms with Crippen LogP contribution in [0.25, 0.3) is 0 Å². The molecule has 1 fully saturated rings. The number of piperidine rings is 1. The minimum Gasteiger partial charge on any atom is -0.383 e. The molecular formula is C18H25N5O2. The molecule has 0 saturated carbocycles. The Morgan fingerprint density at radius 1 is 1.32 bits per heavy atom. The fraction of sp³-hybridized carbons (Fsp3) is 0.444. The van der Waals surface area contributed by atoms with E-state index in [-0.39, 0.29) is 12.1 Å². The highest BCUT2D eigenvalue weighted by atomic mass is 16.5. The smallest absolute Gasteiger partial charge is 0.320 e. The molecule has 3 rings (SSSR count). The number of amides is 2. The number of anilines is 2. The molecule has 25 heavy (non-hydrogen) atoms. The van der Waals surface area contributed by atoms with Gasteiger partial charge in [0, 0.05) is 44.2 Å². The molecule has 1 aromatic carbocycles. The highest BCUT2D eigenvalue weighted by Crippen LogP contribution is 2.19. The number of hydrogen-bond donors (Lipinski definition) is 2. The summed E-state index contributed by atoms with van der Waals surface area (Å²) < 4.78 is 6.76. The number of para-hydroxylation sites is 1. The number of urea groups is 1. The van der Waals surface area contributed by atoms with Crippen molar-refractivity contribution in [3.8, 4) is 0 Å². The van der Waals surface area contributed by atoms with E-state index in [2.05, 4.69) is 32.8 Å². The maximum absolute atomic E-state index is 12.2. The molecule has 0 unspecified atom stereocenters. The summed E-state index contributed by atoms with van der Waals surface area (Å²) >= 11 is 0. The molecule has 2 N–H and O–H groups in total. The Kier molecular flexibility index (Phi) is 5.90. The Bertz CT molecular complexity index is 673. The van der Waals surface area contributed by atoms with Crippen LogP contribution in [0.15, 0.2) is 42.6 Å². The molecule has 2 amide bonds. The van der Waals surface area contributed by atoms with E-state index < -0.39 is 0 Å². The molecule has 1 aromatic heterocycles. The number of methoxy groups -OCH3 is 1.